The van der Waals surface area contributed by atoms with Crippen molar-refractivity contribution in [2.45, 2.75) is 85.8 Å². The van der Waals surface area contributed by atoms with E-state index in [4.69, 9.17) is 9.84 Å². The highest BCUT2D eigenvalue weighted by molar-refractivity contribution is 7.87. The van der Waals surface area contributed by atoms with Crippen LogP contribution in [0.4, 0.5) is 11.4 Å². The van der Waals surface area contributed by atoms with E-state index in [1.807, 2.05) is 38.1 Å². The zero-order valence-electron chi connectivity index (χ0n) is 41.5. The van der Waals surface area contributed by atoms with Crippen LogP contribution in [0.25, 0.3) is 27.1 Å². The third-order valence-electron chi connectivity index (χ3n) is 13.3. The number of aromatic nitrogens is 1. The lowest BCUT2D eigenvalue weighted by Crippen LogP contribution is -2.28. The minimum absolute atomic E-state index is 0.0310. The number of carbonyl (C=O) groups is 2. The number of benzene rings is 4. The second-order valence-electron chi connectivity index (χ2n) is 19.1. The maximum Gasteiger partial charge on any atom is 0.305 e. The summed E-state index contributed by atoms with van der Waals surface area (Å²) in [5.74, 6) is -2.14. The van der Waals surface area contributed by atoms with E-state index in [-0.39, 0.29) is 60.4 Å². The lowest BCUT2D eigenvalue weighted by Gasteiger charge is -2.27. The van der Waals surface area contributed by atoms with Gasteiger partial charge < -0.3 is 20.1 Å². The number of allylic oxidation sites excluding steroid dienone is 6. The molecule has 75 heavy (non-hydrogen) atoms. The Hall–Kier alpha value is -6.22. The normalized spacial score (nSPS) is 16.4. The van der Waals surface area contributed by atoms with Gasteiger partial charge in [-0.05, 0) is 103 Å². The van der Waals surface area contributed by atoms with E-state index in [0.29, 0.717) is 46.2 Å². The van der Waals surface area contributed by atoms with Crippen molar-refractivity contribution in [1.29, 1.82) is 0 Å². The number of carbonyl (C=O) groups excluding carboxylic acids is 1. The first-order valence-electron chi connectivity index (χ1n) is 23.6. The molecule has 24 heteroatoms. The highest BCUT2D eigenvalue weighted by Crippen LogP contribution is 2.52. The highest BCUT2D eigenvalue weighted by atomic mass is 32.2. The predicted octanol–water partition coefficient (Wildman–Crippen LogP) is 7.12. The van der Waals surface area contributed by atoms with Gasteiger partial charge in [0.1, 0.15) is 11.4 Å². The predicted molar refractivity (Wildman–Crippen MR) is 281 cm³/mol. The number of unbranched alkanes of at least 4 members (excludes halogenated alkanes) is 1. The number of nitrogens with one attached hydrogen (secondary N) is 1. The number of fused-ring (bicyclic) bond motifs is 6. The summed E-state index contributed by atoms with van der Waals surface area (Å²) < 4.78 is 147. The molecule has 2 aliphatic rings. The summed E-state index contributed by atoms with van der Waals surface area (Å²) in [6, 6.07) is 16.1. The second kappa shape index (κ2) is 21.4. The minimum Gasteiger partial charge on any atom is -0.481 e. The molecule has 0 aliphatic carbocycles. The number of nitrogens with zero attached hydrogens (tertiary/aromatic N) is 3. The molecule has 2 aliphatic heterocycles. The van der Waals surface area contributed by atoms with Gasteiger partial charge in [-0.1, -0.05) is 45.4 Å². The minimum atomic E-state index is -5.07. The van der Waals surface area contributed by atoms with Gasteiger partial charge in [-0.15, -0.1) is 0 Å². The first kappa shape index (κ1) is 56.5. The number of aliphatic carboxylic acids is 1. The quantitative estimate of drug-likeness (QED) is 0.0184. The van der Waals surface area contributed by atoms with Crippen LogP contribution in [0.1, 0.15) is 87.5 Å². The van der Waals surface area contributed by atoms with Gasteiger partial charge in [0.25, 0.3) is 46.4 Å². The summed E-state index contributed by atoms with van der Waals surface area (Å²) in [5, 5.41) is 12.9. The highest BCUT2D eigenvalue weighted by Gasteiger charge is 2.46. The van der Waals surface area contributed by atoms with E-state index in [2.05, 4.69) is 21.8 Å². The van der Waals surface area contributed by atoms with Crippen LogP contribution < -0.4 is 10.2 Å². The standard InChI is InChI=1S/C51H56N4O16S4/c1-6-7-23-54-41-17-11-32-9-14-35(73(62,63)64)28-38(32)47(41)50(2,3)44(54)19-12-33(40-16-10-34(31-53-40)49(58)52-22-26-71-25-21-46(56)57)13-20-45-51(4,5)48-39-29-36(74(65,66)67)30-43(75(68,69)70)37(39)15-18-42(48)55(45)24-8-27-72(59,60)61/h9-20,28-31H,6-8,21-27H2,1-5H3,(H5-,52,56,57,58,59,60,61,62,63,64,65,66,67,68,69,70)/p+1. The maximum atomic E-state index is 13.2. The molecule has 0 fully saturated rings. The zero-order chi connectivity index (χ0) is 55.1. The molecule has 0 unspecified atom stereocenters. The lowest BCUT2D eigenvalue weighted by atomic mass is 9.79. The van der Waals surface area contributed by atoms with Gasteiger partial charge in [0.05, 0.1) is 51.9 Å². The van der Waals surface area contributed by atoms with E-state index in [9.17, 15) is 61.5 Å². The molecule has 20 nitrogen and oxygen atoms in total. The molecule has 4 aromatic carbocycles. The van der Waals surface area contributed by atoms with Crippen LogP contribution in [-0.2, 0) is 60.8 Å². The molecule has 0 bridgehead atoms. The van der Waals surface area contributed by atoms with Crippen LogP contribution in [0.15, 0.2) is 118 Å². The van der Waals surface area contributed by atoms with Crippen molar-refractivity contribution in [3.05, 3.63) is 125 Å². The fourth-order valence-corrected chi connectivity index (χ4v) is 12.1. The lowest BCUT2D eigenvalue weighted by molar-refractivity contribution is -0.438. The summed E-state index contributed by atoms with van der Waals surface area (Å²) in [6.45, 7) is 10.2. The van der Waals surface area contributed by atoms with Crippen LogP contribution >= 0.6 is 0 Å². The molecule has 400 valence electrons. The van der Waals surface area contributed by atoms with Crippen molar-refractivity contribution in [1.82, 2.24) is 10.3 Å². The van der Waals surface area contributed by atoms with Crippen LogP contribution in [0.3, 0.4) is 0 Å². The Morgan fingerprint density at radius 3 is 2.09 bits per heavy atom. The Balaban J connectivity index is 1.41. The number of carboxylic acids is 1. The summed E-state index contributed by atoms with van der Waals surface area (Å²) >= 11 is 0. The molecule has 0 spiro atoms. The molecular weight excluding hydrogens is 1050 g/mol. The molecule has 0 atom stereocenters. The topological polar surface area (TPSA) is 312 Å². The van der Waals surface area contributed by atoms with E-state index in [1.54, 1.807) is 49.1 Å². The molecule has 0 radical (unpaired) electrons. The van der Waals surface area contributed by atoms with Crippen molar-refractivity contribution < 1.29 is 75.9 Å². The van der Waals surface area contributed by atoms with Gasteiger partial charge in [-0.25, -0.2) is 0 Å². The Labute approximate surface area is 435 Å². The van der Waals surface area contributed by atoms with E-state index < -0.39 is 78.7 Å². The number of carboxylic acid groups (broad SMARTS) is 1. The average molecular weight is 1110 g/mol. The molecule has 5 aromatic rings. The van der Waals surface area contributed by atoms with Gasteiger partial charge >= 0.3 is 5.97 Å². The van der Waals surface area contributed by atoms with Gasteiger partial charge in [0.15, 0.2) is 5.71 Å². The monoisotopic (exact) mass is 1110 g/mol. The molecular formula is C51H57N4O16S4+. The smallest absolute Gasteiger partial charge is 0.305 e. The molecule has 1 amide bonds. The number of pyridine rings is 1. The van der Waals surface area contributed by atoms with Gasteiger partial charge in [-0.2, -0.15) is 38.2 Å². The third-order valence-corrected chi connectivity index (χ3v) is 16.6. The summed E-state index contributed by atoms with van der Waals surface area (Å²) in [6.07, 6.45) is 9.84. The van der Waals surface area contributed by atoms with Crippen LogP contribution in [0, 0.1) is 0 Å². The second-order valence-corrected chi connectivity index (χ2v) is 24.9. The molecule has 0 saturated heterocycles. The molecule has 3 heterocycles. The van der Waals surface area contributed by atoms with Gasteiger partial charge in [0, 0.05) is 71.2 Å². The molecule has 0 saturated carbocycles. The van der Waals surface area contributed by atoms with Crippen molar-refractivity contribution in [3.8, 4) is 0 Å². The van der Waals surface area contributed by atoms with Crippen molar-refractivity contribution in [3.63, 3.8) is 0 Å². The van der Waals surface area contributed by atoms with Gasteiger partial charge in [0.2, 0.25) is 5.69 Å². The van der Waals surface area contributed by atoms with Crippen molar-refractivity contribution in [2.75, 3.05) is 43.5 Å². The summed E-state index contributed by atoms with van der Waals surface area (Å²) in [5.41, 5.74) is 2.74. The van der Waals surface area contributed by atoms with Gasteiger partial charge in [-0.3, -0.25) is 32.8 Å². The Morgan fingerprint density at radius 2 is 1.47 bits per heavy atom. The number of amides is 1. The van der Waals surface area contributed by atoms with E-state index >= 15 is 0 Å². The third kappa shape index (κ3) is 12.2. The van der Waals surface area contributed by atoms with Crippen molar-refractivity contribution in [2.24, 2.45) is 0 Å². The first-order chi connectivity index (χ1) is 34.9. The molecule has 1 aromatic heterocycles. The van der Waals surface area contributed by atoms with E-state index in [1.165, 1.54) is 30.5 Å². The number of ether oxygens (including phenoxy) is 1. The largest absolute Gasteiger partial charge is 0.481 e. The zero-order valence-corrected chi connectivity index (χ0v) is 44.8. The maximum absolute atomic E-state index is 13.2. The number of anilines is 1. The number of hydrogen-bond donors (Lipinski definition) is 6. The number of hydrogen-bond acceptors (Lipinski definition) is 13. The first-order valence-corrected chi connectivity index (χ1v) is 29.5. The van der Waals surface area contributed by atoms with Crippen LogP contribution in [-0.4, -0.2) is 123 Å². The fourth-order valence-electron chi connectivity index (χ4n) is 9.79. The SMILES string of the molecule is CCCC[N+]1=C(/C=C/C(=C/C=C2/N(CCCS(=O)(=O)O)c3ccc4c(S(=O)(=O)O)cc(S(=O)(=O)O)cc4c3C2(C)C)c2ccc(C(=O)NCCOCCC(=O)O)cn2)C(C)(C)c2c1ccc1ccc(S(=O)(=O)O)cc21. The fraction of sp³-hybridized carbons (Fsp3) is 0.333. The van der Waals surface area contributed by atoms with E-state index in [0.717, 1.165) is 41.3 Å². The molecule has 6 N–H and O–H groups in total. The van der Waals surface area contributed by atoms with Crippen LogP contribution in [0.5, 0.6) is 0 Å². The Bertz CT molecular complexity index is 3740. The summed E-state index contributed by atoms with van der Waals surface area (Å²) in [4.78, 5) is 28.6. The Kier molecular flexibility index (Phi) is 16.1. The van der Waals surface area contributed by atoms with Crippen LogP contribution in [0.2, 0.25) is 0 Å². The Morgan fingerprint density at radius 1 is 0.773 bits per heavy atom. The van der Waals surface area contributed by atoms with Crippen molar-refractivity contribution >= 4 is 96.6 Å². The summed E-state index contributed by atoms with van der Waals surface area (Å²) in [7, 11) is -19.1. The molecule has 7 rings (SSSR count). The average Bonchev–Trinajstić information content (AvgIpc) is 3.67. The number of rotatable bonds is 21.